The number of H-pyrrole nitrogens is 1. The SMILES string of the molecule is S=[C]c1nc2ccccc2[nH]1. The van der Waals surface area contributed by atoms with Crippen LogP contribution in [0.15, 0.2) is 24.3 Å². The topological polar surface area (TPSA) is 28.7 Å². The molecule has 1 aromatic heterocycles. The molecule has 2 nitrogen and oxygen atoms in total. The maximum Gasteiger partial charge on any atom is 0.151 e. The predicted molar refractivity (Wildman–Crippen MR) is 47.8 cm³/mol. The number of aromatic amines is 1. The average molecular weight is 161 g/mol. The fraction of sp³-hybridized carbons (Fsp3) is 0. The van der Waals surface area contributed by atoms with Crippen molar-refractivity contribution in [3.05, 3.63) is 30.1 Å². The van der Waals surface area contributed by atoms with E-state index in [2.05, 4.69) is 27.6 Å². The van der Waals surface area contributed by atoms with Gasteiger partial charge in [0.05, 0.1) is 11.0 Å². The van der Waals surface area contributed by atoms with Gasteiger partial charge in [-0.1, -0.05) is 24.4 Å². The molecule has 0 spiro atoms. The Bertz CT molecular complexity index is 359. The standard InChI is InChI=1S/C8H5N2S/c11-5-8-9-6-3-1-2-4-7(6)10-8/h1-4H,(H,9,10). The lowest BCUT2D eigenvalue weighted by Crippen LogP contribution is -1.77. The highest BCUT2D eigenvalue weighted by atomic mass is 32.1. The van der Waals surface area contributed by atoms with Crippen molar-refractivity contribution in [2.24, 2.45) is 0 Å². The maximum absolute atomic E-state index is 4.62. The number of nitrogens with one attached hydrogen (secondary N) is 1. The van der Waals surface area contributed by atoms with Crippen LogP contribution in [-0.4, -0.2) is 15.3 Å². The van der Waals surface area contributed by atoms with Gasteiger partial charge in [-0.05, 0) is 12.1 Å². The van der Waals surface area contributed by atoms with E-state index in [-0.39, 0.29) is 0 Å². The third kappa shape index (κ3) is 1.03. The maximum atomic E-state index is 4.62. The molecule has 0 saturated heterocycles. The number of hydrogen-bond donors (Lipinski definition) is 1. The second-order valence-corrected chi connectivity index (χ2v) is 2.41. The average Bonchev–Trinajstić information content (AvgIpc) is 2.46. The van der Waals surface area contributed by atoms with Gasteiger partial charge < -0.3 is 4.98 Å². The van der Waals surface area contributed by atoms with Crippen LogP contribution >= 0.6 is 12.2 Å². The number of fused-ring (bicyclic) bond motifs is 1. The number of aromatic nitrogens is 2. The summed E-state index contributed by atoms with van der Waals surface area (Å²) in [6.45, 7) is 0. The van der Waals surface area contributed by atoms with Gasteiger partial charge in [-0.15, -0.1) is 0 Å². The van der Waals surface area contributed by atoms with Crippen molar-refractivity contribution in [3.8, 4) is 0 Å². The Morgan fingerprint density at radius 2 is 2.18 bits per heavy atom. The number of hydrogen-bond acceptors (Lipinski definition) is 2. The zero-order valence-corrected chi connectivity index (χ0v) is 6.48. The van der Waals surface area contributed by atoms with Gasteiger partial charge in [0, 0.05) is 0 Å². The third-order valence-electron chi connectivity index (χ3n) is 1.49. The highest BCUT2D eigenvalue weighted by Gasteiger charge is 1.96. The van der Waals surface area contributed by atoms with Crippen LogP contribution in [0.3, 0.4) is 0 Å². The molecular weight excluding hydrogens is 156 g/mol. The first-order valence-electron chi connectivity index (χ1n) is 3.23. The fourth-order valence-electron chi connectivity index (χ4n) is 1.00. The van der Waals surface area contributed by atoms with Crippen LogP contribution in [0.2, 0.25) is 0 Å². The number of nitrogens with zero attached hydrogens (tertiary/aromatic N) is 1. The first kappa shape index (κ1) is 6.49. The molecule has 0 saturated carbocycles. The monoisotopic (exact) mass is 161 g/mol. The first-order chi connectivity index (χ1) is 5.40. The van der Waals surface area contributed by atoms with Gasteiger partial charge in [-0.25, -0.2) is 4.98 Å². The summed E-state index contributed by atoms with van der Waals surface area (Å²) >= 11 is 4.62. The van der Waals surface area contributed by atoms with E-state index in [1.165, 1.54) is 0 Å². The molecule has 1 radical (unpaired) electrons. The lowest BCUT2D eigenvalue weighted by molar-refractivity contribution is 1.32. The molecule has 0 bridgehead atoms. The van der Waals surface area contributed by atoms with Crippen LogP contribution in [0.25, 0.3) is 11.0 Å². The van der Waals surface area contributed by atoms with Crippen molar-refractivity contribution in [2.45, 2.75) is 0 Å². The summed E-state index contributed by atoms with van der Waals surface area (Å²) in [5.41, 5.74) is 1.93. The van der Waals surface area contributed by atoms with E-state index in [1.807, 2.05) is 24.3 Å². The van der Waals surface area contributed by atoms with Crippen molar-refractivity contribution < 1.29 is 0 Å². The zero-order chi connectivity index (χ0) is 7.68. The third-order valence-corrected chi connectivity index (χ3v) is 1.68. The van der Waals surface area contributed by atoms with Gasteiger partial charge in [-0.3, -0.25) is 0 Å². The largest absolute Gasteiger partial charge is 0.337 e. The Labute approximate surface area is 69.3 Å². The minimum Gasteiger partial charge on any atom is -0.337 e. The van der Waals surface area contributed by atoms with Crippen LogP contribution in [-0.2, 0) is 0 Å². The zero-order valence-electron chi connectivity index (χ0n) is 5.66. The number of rotatable bonds is 1. The van der Waals surface area contributed by atoms with Crippen LogP contribution < -0.4 is 0 Å². The molecule has 2 aromatic rings. The van der Waals surface area contributed by atoms with E-state index in [9.17, 15) is 0 Å². The Balaban J connectivity index is 2.78. The van der Waals surface area contributed by atoms with E-state index in [0.717, 1.165) is 11.0 Å². The molecule has 0 atom stereocenters. The van der Waals surface area contributed by atoms with Crippen LogP contribution in [0, 0.1) is 0 Å². The number of para-hydroxylation sites is 2. The van der Waals surface area contributed by atoms with E-state index < -0.39 is 0 Å². The molecule has 0 amide bonds. The van der Waals surface area contributed by atoms with E-state index in [0.29, 0.717) is 5.82 Å². The van der Waals surface area contributed by atoms with E-state index >= 15 is 0 Å². The molecule has 0 fully saturated rings. The normalized spacial score (nSPS) is 10.2. The minimum atomic E-state index is 0.626. The molecule has 0 aliphatic heterocycles. The van der Waals surface area contributed by atoms with Gasteiger partial charge in [-0.2, -0.15) is 0 Å². The smallest absolute Gasteiger partial charge is 0.151 e. The summed E-state index contributed by atoms with van der Waals surface area (Å²) in [7, 11) is 0. The Hall–Kier alpha value is -1.22. The van der Waals surface area contributed by atoms with Crippen molar-refractivity contribution in [1.82, 2.24) is 9.97 Å². The molecule has 0 aliphatic rings. The van der Waals surface area contributed by atoms with Gasteiger partial charge in [0.15, 0.2) is 5.82 Å². The summed E-state index contributed by atoms with van der Waals surface area (Å²) in [6, 6.07) is 7.78. The van der Waals surface area contributed by atoms with Crippen LogP contribution in [0.4, 0.5) is 0 Å². The molecule has 2 rings (SSSR count). The summed E-state index contributed by atoms with van der Waals surface area (Å²) in [6.07, 6.45) is 0. The number of benzene rings is 1. The molecule has 1 aromatic carbocycles. The number of thiocarbonyl (C=S) groups is 1. The van der Waals surface area contributed by atoms with Gasteiger partial charge in [0.2, 0.25) is 0 Å². The van der Waals surface area contributed by atoms with Crippen LogP contribution in [0.5, 0.6) is 0 Å². The fourth-order valence-corrected chi connectivity index (χ4v) is 1.10. The summed E-state index contributed by atoms with van der Waals surface area (Å²) in [4.78, 5) is 7.18. The lowest BCUT2D eigenvalue weighted by Gasteiger charge is -1.81. The molecule has 0 unspecified atom stereocenters. The predicted octanol–water partition coefficient (Wildman–Crippen LogP) is 1.79. The van der Waals surface area contributed by atoms with E-state index in [4.69, 9.17) is 0 Å². The second-order valence-electron chi connectivity index (χ2n) is 2.20. The van der Waals surface area contributed by atoms with Crippen molar-refractivity contribution in [1.29, 1.82) is 0 Å². The lowest BCUT2D eigenvalue weighted by atomic mass is 10.3. The molecule has 0 aliphatic carbocycles. The van der Waals surface area contributed by atoms with E-state index in [1.54, 1.807) is 0 Å². The summed E-state index contributed by atoms with van der Waals surface area (Å²) in [5, 5.41) is 2.53. The van der Waals surface area contributed by atoms with Crippen molar-refractivity contribution >= 4 is 28.6 Å². The molecule has 53 valence electrons. The molecule has 3 heteroatoms. The van der Waals surface area contributed by atoms with Crippen LogP contribution in [0.1, 0.15) is 5.82 Å². The highest BCUT2D eigenvalue weighted by Crippen LogP contribution is 2.08. The second kappa shape index (κ2) is 2.43. The van der Waals surface area contributed by atoms with Gasteiger partial charge in [0.1, 0.15) is 5.37 Å². The summed E-state index contributed by atoms with van der Waals surface area (Å²) < 4.78 is 0. The quantitative estimate of drug-likeness (QED) is 0.646. The minimum absolute atomic E-state index is 0.626. The highest BCUT2D eigenvalue weighted by molar-refractivity contribution is 7.79. The van der Waals surface area contributed by atoms with Gasteiger partial charge >= 0.3 is 0 Å². The Kier molecular flexibility index (Phi) is 1.43. The molecule has 11 heavy (non-hydrogen) atoms. The summed E-state index contributed by atoms with van der Waals surface area (Å²) in [5.74, 6) is 0.626. The molecular formula is C8H5N2S. The molecule has 1 heterocycles. The van der Waals surface area contributed by atoms with Gasteiger partial charge in [0.25, 0.3) is 0 Å². The van der Waals surface area contributed by atoms with Crippen molar-refractivity contribution in [2.75, 3.05) is 0 Å². The van der Waals surface area contributed by atoms with Crippen molar-refractivity contribution in [3.63, 3.8) is 0 Å². The Morgan fingerprint density at radius 1 is 1.36 bits per heavy atom. The number of imidazole rings is 1. The first-order valence-corrected chi connectivity index (χ1v) is 3.64. The molecule has 1 N–H and O–H groups in total. The Morgan fingerprint density at radius 3 is 2.91 bits per heavy atom.